The van der Waals surface area contributed by atoms with Crippen LogP contribution >= 0.6 is 0 Å². The first-order valence-corrected chi connectivity index (χ1v) is 17.7. The van der Waals surface area contributed by atoms with Gasteiger partial charge in [-0.2, -0.15) is 5.26 Å². The standard InChI is InChI=1S/C45H38N4/c1-28-21-31-23-29(2)45(37(22-28)24-31)40-25-35(32-15-13-30(27-46)14-16-32)17-19-38(40)39-20-18-36(26-41(39)45)44-48-42(33-9-5-3-6-10-33)47-43(49-44)34-11-7-4-8-12-34/h3-20,25-26,28-29,31,37H,21-24H2,1-2H3. The van der Waals surface area contributed by atoms with E-state index in [1.165, 1.54) is 53.5 Å². The van der Waals surface area contributed by atoms with Crippen molar-refractivity contribution >= 4 is 0 Å². The molecule has 0 aliphatic heterocycles. The lowest BCUT2D eigenvalue weighted by Gasteiger charge is -2.54. The summed E-state index contributed by atoms with van der Waals surface area (Å²) in [5.74, 6) is 4.64. The van der Waals surface area contributed by atoms with E-state index in [0.29, 0.717) is 34.9 Å². The third kappa shape index (κ3) is 4.83. The van der Waals surface area contributed by atoms with Gasteiger partial charge in [0.15, 0.2) is 17.5 Å². The Hall–Kier alpha value is -5.40. The van der Waals surface area contributed by atoms with E-state index in [4.69, 9.17) is 15.0 Å². The van der Waals surface area contributed by atoms with Crippen LogP contribution in [-0.4, -0.2) is 15.0 Å². The van der Waals surface area contributed by atoms with Gasteiger partial charge < -0.3 is 0 Å². The van der Waals surface area contributed by atoms with Crippen LogP contribution in [0.15, 0.2) is 121 Å². The summed E-state index contributed by atoms with van der Waals surface area (Å²) >= 11 is 0. The van der Waals surface area contributed by atoms with E-state index in [0.717, 1.165) is 34.1 Å². The van der Waals surface area contributed by atoms with Crippen LogP contribution in [0.5, 0.6) is 0 Å². The van der Waals surface area contributed by atoms with Crippen molar-refractivity contribution in [1.82, 2.24) is 15.0 Å². The second-order valence-corrected chi connectivity index (χ2v) is 14.6. The molecule has 3 aliphatic rings. The van der Waals surface area contributed by atoms with Crippen molar-refractivity contribution in [3.63, 3.8) is 0 Å². The lowest BCUT2D eigenvalue weighted by Crippen LogP contribution is -2.49. The minimum atomic E-state index is -0.0913. The summed E-state index contributed by atoms with van der Waals surface area (Å²) in [6.45, 7) is 4.98. The number of hydrogen-bond donors (Lipinski definition) is 0. The molecule has 0 amide bonds. The number of nitrogens with zero attached hydrogens (tertiary/aromatic N) is 4. The van der Waals surface area contributed by atoms with Crippen LogP contribution in [0.4, 0.5) is 0 Å². The van der Waals surface area contributed by atoms with Gasteiger partial charge in [0, 0.05) is 22.1 Å². The zero-order chi connectivity index (χ0) is 33.1. The minimum Gasteiger partial charge on any atom is -0.208 e. The molecule has 6 aromatic rings. The Balaban J connectivity index is 1.24. The van der Waals surface area contributed by atoms with Crippen LogP contribution < -0.4 is 0 Å². The number of benzene rings is 5. The molecule has 1 heterocycles. The maximum atomic E-state index is 9.41. The highest BCUT2D eigenvalue weighted by molar-refractivity contribution is 5.86. The fourth-order valence-corrected chi connectivity index (χ4v) is 9.75. The Morgan fingerprint density at radius 3 is 1.67 bits per heavy atom. The minimum absolute atomic E-state index is 0.0913. The summed E-state index contributed by atoms with van der Waals surface area (Å²) in [5, 5.41) is 9.41. The molecule has 3 aliphatic carbocycles. The van der Waals surface area contributed by atoms with Gasteiger partial charge in [-0.1, -0.05) is 111 Å². The summed E-state index contributed by atoms with van der Waals surface area (Å²) in [5.41, 5.74) is 11.6. The molecule has 0 radical (unpaired) electrons. The average molecular weight is 635 g/mol. The van der Waals surface area contributed by atoms with Crippen LogP contribution in [0.1, 0.15) is 56.2 Å². The zero-order valence-electron chi connectivity index (χ0n) is 28.0. The lowest BCUT2D eigenvalue weighted by atomic mass is 9.49. The zero-order valence-corrected chi connectivity index (χ0v) is 28.0. The molecule has 2 fully saturated rings. The summed E-state index contributed by atoms with van der Waals surface area (Å²) in [6.07, 6.45) is 5.11. The molecule has 4 heteroatoms. The molecular formula is C45H38N4. The van der Waals surface area contributed by atoms with Gasteiger partial charge in [0.1, 0.15) is 0 Å². The number of rotatable bonds is 4. The fourth-order valence-electron chi connectivity index (χ4n) is 9.75. The van der Waals surface area contributed by atoms with Crippen molar-refractivity contribution in [2.24, 2.45) is 23.7 Å². The van der Waals surface area contributed by atoms with Crippen molar-refractivity contribution in [3.05, 3.63) is 138 Å². The summed E-state index contributed by atoms with van der Waals surface area (Å²) in [4.78, 5) is 15.2. The molecule has 9 rings (SSSR count). The molecule has 238 valence electrons. The molecule has 4 nitrogen and oxygen atoms in total. The maximum Gasteiger partial charge on any atom is 0.164 e. The number of fused-ring (bicyclic) bond motifs is 8. The van der Waals surface area contributed by atoms with Crippen LogP contribution in [0.2, 0.25) is 0 Å². The highest BCUT2D eigenvalue weighted by Crippen LogP contribution is 2.65. The van der Waals surface area contributed by atoms with Gasteiger partial charge in [0.25, 0.3) is 0 Å². The Kier molecular flexibility index (Phi) is 7.06. The molecule has 5 atom stereocenters. The number of aromatic nitrogens is 3. The SMILES string of the molecule is CC1CC2CC(C)C3(c4cc(-c5ccc(C#N)cc5)ccc4-c4ccc(-c5nc(-c6ccccc6)nc(-c6ccccc6)n5)cc43)C(C1)C2. The van der Waals surface area contributed by atoms with E-state index >= 15 is 0 Å². The normalized spacial score (nSPS) is 23.4. The predicted octanol–water partition coefficient (Wildman–Crippen LogP) is 10.8. The largest absolute Gasteiger partial charge is 0.208 e. The molecule has 1 aromatic heterocycles. The molecule has 1 spiro atoms. The smallest absolute Gasteiger partial charge is 0.164 e. The van der Waals surface area contributed by atoms with Gasteiger partial charge in [-0.25, -0.2) is 15.0 Å². The molecule has 5 aromatic carbocycles. The summed E-state index contributed by atoms with van der Waals surface area (Å²) < 4.78 is 0. The molecule has 0 N–H and O–H groups in total. The summed E-state index contributed by atoms with van der Waals surface area (Å²) in [6, 6.07) is 44.8. The molecule has 5 unspecified atom stereocenters. The topological polar surface area (TPSA) is 62.5 Å². The average Bonchev–Trinajstić information content (AvgIpc) is 3.44. The number of nitriles is 1. The maximum absolute atomic E-state index is 9.41. The molecule has 0 saturated heterocycles. The van der Waals surface area contributed by atoms with Crippen molar-refractivity contribution in [3.8, 4) is 62.5 Å². The highest BCUT2D eigenvalue weighted by atomic mass is 15.0. The molecular weight excluding hydrogens is 597 g/mol. The van der Waals surface area contributed by atoms with Crippen LogP contribution in [-0.2, 0) is 5.41 Å². The summed E-state index contributed by atoms with van der Waals surface area (Å²) in [7, 11) is 0. The first-order valence-electron chi connectivity index (χ1n) is 17.7. The Morgan fingerprint density at radius 1 is 0.551 bits per heavy atom. The first-order chi connectivity index (χ1) is 24.0. The molecule has 2 saturated carbocycles. The van der Waals surface area contributed by atoms with E-state index in [-0.39, 0.29) is 5.41 Å². The van der Waals surface area contributed by atoms with E-state index < -0.39 is 0 Å². The van der Waals surface area contributed by atoms with Crippen molar-refractivity contribution in [2.75, 3.05) is 0 Å². The van der Waals surface area contributed by atoms with Gasteiger partial charge in [-0.05, 0) is 107 Å². The van der Waals surface area contributed by atoms with E-state index in [9.17, 15) is 5.26 Å². The lowest BCUT2D eigenvalue weighted by molar-refractivity contribution is 0.0426. The quantitative estimate of drug-likeness (QED) is 0.194. The van der Waals surface area contributed by atoms with Gasteiger partial charge >= 0.3 is 0 Å². The van der Waals surface area contributed by atoms with E-state index in [1.54, 1.807) is 0 Å². The predicted molar refractivity (Wildman–Crippen MR) is 196 cm³/mol. The van der Waals surface area contributed by atoms with Gasteiger partial charge in [0.05, 0.1) is 11.6 Å². The fraction of sp³-hybridized carbons (Fsp3) is 0.244. The highest BCUT2D eigenvalue weighted by Gasteiger charge is 2.56. The van der Waals surface area contributed by atoms with Crippen LogP contribution in [0.25, 0.3) is 56.4 Å². The van der Waals surface area contributed by atoms with Crippen LogP contribution in [0, 0.1) is 35.0 Å². The second kappa shape index (κ2) is 11.6. The van der Waals surface area contributed by atoms with Gasteiger partial charge in [0.2, 0.25) is 0 Å². The third-order valence-corrected chi connectivity index (χ3v) is 11.7. The molecule has 49 heavy (non-hydrogen) atoms. The monoisotopic (exact) mass is 634 g/mol. The van der Waals surface area contributed by atoms with Crippen molar-refractivity contribution in [2.45, 2.75) is 44.9 Å². The third-order valence-electron chi connectivity index (χ3n) is 11.7. The molecule has 2 bridgehead atoms. The first kappa shape index (κ1) is 29.7. The number of hydrogen-bond acceptors (Lipinski definition) is 4. The Bertz CT molecular complexity index is 2170. The Labute approximate surface area is 288 Å². The van der Waals surface area contributed by atoms with Crippen LogP contribution in [0.3, 0.4) is 0 Å². The Morgan fingerprint density at radius 2 is 1.08 bits per heavy atom. The second-order valence-electron chi connectivity index (χ2n) is 14.6. The van der Waals surface area contributed by atoms with Crippen molar-refractivity contribution < 1.29 is 0 Å². The van der Waals surface area contributed by atoms with E-state index in [1.807, 2.05) is 48.5 Å². The van der Waals surface area contributed by atoms with Crippen molar-refractivity contribution in [1.29, 1.82) is 5.26 Å². The van der Waals surface area contributed by atoms with Gasteiger partial charge in [-0.15, -0.1) is 0 Å². The van der Waals surface area contributed by atoms with Gasteiger partial charge in [-0.3, -0.25) is 0 Å². The van der Waals surface area contributed by atoms with E-state index in [2.05, 4.69) is 92.7 Å².